The number of amides is 1. The Hall–Kier alpha value is -3.74. The third kappa shape index (κ3) is 4.19. The molecule has 166 valence electrons. The van der Waals surface area contributed by atoms with Gasteiger partial charge in [0.15, 0.2) is 0 Å². The second-order valence-electron chi connectivity index (χ2n) is 7.78. The first-order valence-corrected chi connectivity index (χ1v) is 10.5. The van der Waals surface area contributed by atoms with E-state index >= 15 is 0 Å². The second kappa shape index (κ2) is 9.18. The molecule has 1 aliphatic rings. The van der Waals surface area contributed by atoms with Crippen LogP contribution in [-0.4, -0.2) is 32.1 Å². The topological polar surface area (TPSA) is 81.0 Å². The molecule has 1 aliphatic heterocycles. The average molecular weight is 434 g/mol. The van der Waals surface area contributed by atoms with Crippen LogP contribution in [0, 0.1) is 0 Å². The van der Waals surface area contributed by atoms with Crippen molar-refractivity contribution < 1.29 is 23.5 Å². The summed E-state index contributed by atoms with van der Waals surface area (Å²) in [6.07, 6.45) is 2.51. The average Bonchev–Trinajstić information content (AvgIpc) is 3.41. The molecule has 2 aromatic carbocycles. The Labute approximate surface area is 186 Å². The van der Waals surface area contributed by atoms with E-state index in [2.05, 4.69) is 29.3 Å². The summed E-state index contributed by atoms with van der Waals surface area (Å²) >= 11 is 0. The number of hydrogen-bond donors (Lipinski definition) is 1. The first kappa shape index (κ1) is 21.5. The van der Waals surface area contributed by atoms with Crippen molar-refractivity contribution in [1.82, 2.24) is 5.32 Å². The molecule has 0 radical (unpaired) electrons. The SMILES string of the molecule is COC(=O)c1cc(CNC(=O)c2ccoc2CN2c3ccccc3CC2C)ccc1OC. The van der Waals surface area contributed by atoms with Gasteiger partial charge in [0.1, 0.15) is 17.1 Å². The lowest BCUT2D eigenvalue weighted by molar-refractivity contribution is 0.0597. The molecule has 0 bridgehead atoms. The van der Waals surface area contributed by atoms with Crippen molar-refractivity contribution in [2.24, 2.45) is 0 Å². The highest BCUT2D eigenvalue weighted by Gasteiger charge is 2.28. The monoisotopic (exact) mass is 434 g/mol. The number of rotatable bonds is 7. The fourth-order valence-corrected chi connectivity index (χ4v) is 4.10. The van der Waals surface area contributed by atoms with Gasteiger partial charge in [0.25, 0.3) is 5.91 Å². The van der Waals surface area contributed by atoms with Gasteiger partial charge in [-0.2, -0.15) is 0 Å². The number of nitrogens with zero attached hydrogens (tertiary/aromatic N) is 1. The van der Waals surface area contributed by atoms with Crippen LogP contribution in [0.4, 0.5) is 5.69 Å². The summed E-state index contributed by atoms with van der Waals surface area (Å²) in [6.45, 7) is 2.94. The molecule has 1 unspecified atom stereocenters. The lowest BCUT2D eigenvalue weighted by Gasteiger charge is -2.24. The van der Waals surface area contributed by atoms with Gasteiger partial charge in [-0.15, -0.1) is 0 Å². The van der Waals surface area contributed by atoms with E-state index in [0.717, 1.165) is 12.0 Å². The smallest absolute Gasteiger partial charge is 0.341 e. The van der Waals surface area contributed by atoms with Gasteiger partial charge in [0, 0.05) is 18.3 Å². The first-order valence-electron chi connectivity index (χ1n) is 10.5. The Balaban J connectivity index is 1.46. The molecule has 0 fully saturated rings. The summed E-state index contributed by atoms with van der Waals surface area (Å²) in [4.78, 5) is 27.1. The van der Waals surface area contributed by atoms with Crippen LogP contribution in [0.3, 0.4) is 0 Å². The number of nitrogens with one attached hydrogen (secondary N) is 1. The highest BCUT2D eigenvalue weighted by Crippen LogP contribution is 2.33. The minimum absolute atomic E-state index is 0.232. The van der Waals surface area contributed by atoms with Crippen molar-refractivity contribution in [1.29, 1.82) is 0 Å². The van der Waals surface area contributed by atoms with Gasteiger partial charge in [-0.25, -0.2) is 4.79 Å². The van der Waals surface area contributed by atoms with Crippen LogP contribution in [0.5, 0.6) is 5.75 Å². The number of hydrogen-bond acceptors (Lipinski definition) is 6. The largest absolute Gasteiger partial charge is 0.496 e. The van der Waals surface area contributed by atoms with Gasteiger partial charge >= 0.3 is 5.97 Å². The first-order chi connectivity index (χ1) is 15.5. The number of furan rings is 1. The number of para-hydroxylation sites is 1. The van der Waals surface area contributed by atoms with Crippen molar-refractivity contribution in [3.05, 3.63) is 82.8 Å². The molecule has 0 saturated carbocycles. The number of anilines is 1. The predicted octanol–water partition coefficient (Wildman–Crippen LogP) is 3.96. The van der Waals surface area contributed by atoms with Gasteiger partial charge < -0.3 is 24.1 Å². The van der Waals surface area contributed by atoms with E-state index in [-0.39, 0.29) is 12.5 Å². The van der Waals surface area contributed by atoms with Gasteiger partial charge in [-0.1, -0.05) is 24.3 Å². The molecular weight excluding hydrogens is 408 g/mol. The van der Waals surface area contributed by atoms with Gasteiger partial charge in [0.05, 0.1) is 32.6 Å². The van der Waals surface area contributed by atoms with Crippen molar-refractivity contribution in [2.45, 2.75) is 32.5 Å². The van der Waals surface area contributed by atoms with Crippen LogP contribution < -0.4 is 15.0 Å². The highest BCUT2D eigenvalue weighted by atomic mass is 16.5. The third-order valence-corrected chi connectivity index (χ3v) is 5.77. The number of ether oxygens (including phenoxy) is 2. The fraction of sp³-hybridized carbons (Fsp3) is 0.280. The predicted molar refractivity (Wildman–Crippen MR) is 120 cm³/mol. The number of carbonyl (C=O) groups is 2. The normalized spacial score (nSPS) is 14.7. The van der Waals surface area contributed by atoms with E-state index in [1.165, 1.54) is 25.5 Å². The van der Waals surface area contributed by atoms with Crippen molar-refractivity contribution in [3.63, 3.8) is 0 Å². The van der Waals surface area contributed by atoms with E-state index in [0.29, 0.717) is 35.2 Å². The zero-order chi connectivity index (χ0) is 22.7. The fourth-order valence-electron chi connectivity index (χ4n) is 4.10. The molecule has 1 atom stereocenters. The standard InChI is InChI=1S/C25H26N2O5/c1-16-12-18-6-4-5-7-21(18)27(16)15-23-19(10-11-32-23)24(28)26-14-17-8-9-22(30-2)20(13-17)25(29)31-3/h4-11,13,16H,12,14-15H2,1-3H3,(H,26,28). The number of methoxy groups -OCH3 is 2. The van der Waals surface area contributed by atoms with Crippen LogP contribution in [0.15, 0.2) is 59.2 Å². The molecular formula is C25H26N2O5. The molecule has 2 heterocycles. The number of benzene rings is 2. The lowest BCUT2D eigenvalue weighted by atomic mass is 10.1. The summed E-state index contributed by atoms with van der Waals surface area (Å²) in [6, 6.07) is 15.5. The van der Waals surface area contributed by atoms with Crippen molar-refractivity contribution in [2.75, 3.05) is 19.1 Å². The molecule has 7 nitrogen and oxygen atoms in total. The van der Waals surface area contributed by atoms with Gasteiger partial charge in [-0.05, 0) is 48.7 Å². The molecule has 3 aromatic rings. The zero-order valence-electron chi connectivity index (χ0n) is 18.4. The zero-order valence-corrected chi connectivity index (χ0v) is 18.4. The summed E-state index contributed by atoms with van der Waals surface area (Å²) < 4.78 is 15.7. The molecule has 7 heteroatoms. The van der Waals surface area contributed by atoms with Gasteiger partial charge in [0.2, 0.25) is 0 Å². The van der Waals surface area contributed by atoms with Crippen molar-refractivity contribution in [3.8, 4) is 5.75 Å². The van der Waals surface area contributed by atoms with E-state index in [9.17, 15) is 9.59 Å². The van der Waals surface area contributed by atoms with E-state index < -0.39 is 5.97 Å². The molecule has 4 rings (SSSR count). The Kier molecular flexibility index (Phi) is 6.16. The minimum Gasteiger partial charge on any atom is -0.496 e. The van der Waals surface area contributed by atoms with Crippen LogP contribution in [0.2, 0.25) is 0 Å². The molecule has 1 N–H and O–H groups in total. The molecule has 32 heavy (non-hydrogen) atoms. The molecule has 1 amide bonds. The Morgan fingerprint density at radius 2 is 1.94 bits per heavy atom. The number of carbonyl (C=O) groups excluding carboxylic acids is 2. The Morgan fingerprint density at radius 1 is 1.12 bits per heavy atom. The molecule has 1 aromatic heterocycles. The Morgan fingerprint density at radius 3 is 2.72 bits per heavy atom. The van der Waals surface area contributed by atoms with Crippen molar-refractivity contribution >= 4 is 17.6 Å². The summed E-state index contributed by atoms with van der Waals surface area (Å²) in [5, 5.41) is 2.91. The van der Waals surface area contributed by atoms with Crippen LogP contribution >= 0.6 is 0 Å². The maximum atomic E-state index is 12.9. The minimum atomic E-state index is -0.493. The summed E-state index contributed by atoms with van der Waals surface area (Å²) in [5.74, 6) is 0.316. The van der Waals surface area contributed by atoms with Crippen LogP contribution in [0.1, 0.15) is 44.5 Å². The van der Waals surface area contributed by atoms with E-state index in [1.807, 2.05) is 12.1 Å². The summed E-state index contributed by atoms with van der Waals surface area (Å²) in [7, 11) is 2.81. The summed E-state index contributed by atoms with van der Waals surface area (Å²) in [5.41, 5.74) is 4.05. The van der Waals surface area contributed by atoms with E-state index in [1.54, 1.807) is 30.5 Å². The van der Waals surface area contributed by atoms with Gasteiger partial charge in [-0.3, -0.25) is 4.79 Å². The highest BCUT2D eigenvalue weighted by molar-refractivity contribution is 5.95. The second-order valence-corrected chi connectivity index (χ2v) is 7.78. The molecule has 0 saturated heterocycles. The third-order valence-electron chi connectivity index (χ3n) is 5.77. The van der Waals surface area contributed by atoms with Crippen LogP contribution in [0.25, 0.3) is 0 Å². The quantitative estimate of drug-likeness (QED) is 0.567. The number of fused-ring (bicyclic) bond motifs is 1. The molecule has 0 aliphatic carbocycles. The maximum Gasteiger partial charge on any atom is 0.341 e. The number of esters is 1. The molecule has 0 spiro atoms. The Bertz CT molecular complexity index is 1140. The van der Waals surface area contributed by atoms with Crippen LogP contribution in [-0.2, 0) is 24.2 Å². The lowest BCUT2D eigenvalue weighted by Crippen LogP contribution is -2.30. The van der Waals surface area contributed by atoms with E-state index in [4.69, 9.17) is 13.9 Å². The maximum absolute atomic E-state index is 12.9.